The van der Waals surface area contributed by atoms with Crippen LogP contribution in [0.2, 0.25) is 0 Å². The molecule has 0 aliphatic carbocycles. The van der Waals surface area contributed by atoms with Crippen molar-refractivity contribution in [3.05, 3.63) is 96.1 Å². The van der Waals surface area contributed by atoms with Gasteiger partial charge in [0.25, 0.3) is 0 Å². The molecule has 22 heavy (non-hydrogen) atoms. The summed E-state index contributed by atoms with van der Waals surface area (Å²) in [6.07, 6.45) is 0. The highest BCUT2D eigenvalue weighted by Gasteiger charge is 2.21. The summed E-state index contributed by atoms with van der Waals surface area (Å²) in [5, 5.41) is 9.57. The van der Waals surface area contributed by atoms with Gasteiger partial charge in [-0.25, -0.2) is 0 Å². The first kappa shape index (κ1) is 14.1. The summed E-state index contributed by atoms with van der Waals surface area (Å²) in [6.45, 7) is 0. The number of aliphatic carboxylic acids is 1. The third-order valence-electron chi connectivity index (χ3n) is 3.73. The van der Waals surface area contributed by atoms with Crippen LogP contribution in [0.3, 0.4) is 0 Å². The van der Waals surface area contributed by atoms with E-state index in [0.717, 1.165) is 22.3 Å². The molecule has 0 spiro atoms. The van der Waals surface area contributed by atoms with Gasteiger partial charge in [-0.15, -0.1) is 0 Å². The molecule has 0 aromatic heterocycles. The normalized spacial score (nSPS) is 11.8. The van der Waals surface area contributed by atoms with Gasteiger partial charge in [0.15, 0.2) is 0 Å². The Labute approximate surface area is 129 Å². The van der Waals surface area contributed by atoms with E-state index in [1.54, 1.807) is 0 Å². The fraction of sp³-hybridized carbons (Fsp3) is 0.0500. The smallest absolute Gasteiger partial charge is 0.315 e. The van der Waals surface area contributed by atoms with Gasteiger partial charge in [0.1, 0.15) is 5.92 Å². The Morgan fingerprint density at radius 2 is 1.09 bits per heavy atom. The van der Waals surface area contributed by atoms with E-state index in [4.69, 9.17) is 0 Å². The Bertz CT molecular complexity index is 747. The summed E-state index contributed by atoms with van der Waals surface area (Å²) in [5.74, 6) is -1.47. The molecule has 0 amide bonds. The molecule has 3 aromatic carbocycles. The molecule has 0 unspecified atom stereocenters. The Hall–Kier alpha value is -2.87. The average Bonchev–Trinajstić information content (AvgIpc) is 2.57. The molecule has 0 saturated heterocycles. The summed E-state index contributed by atoms with van der Waals surface area (Å²) in [7, 11) is 0. The van der Waals surface area contributed by atoms with E-state index in [9.17, 15) is 9.90 Å². The first-order valence-electron chi connectivity index (χ1n) is 7.19. The summed E-state index contributed by atoms with van der Waals surface area (Å²) in [6, 6.07) is 27.1. The summed E-state index contributed by atoms with van der Waals surface area (Å²) >= 11 is 0. The minimum Gasteiger partial charge on any atom is -0.481 e. The molecule has 0 aliphatic heterocycles. The number of hydrogen-bond donors (Lipinski definition) is 1. The summed E-state index contributed by atoms with van der Waals surface area (Å²) < 4.78 is 0. The molecule has 0 saturated carbocycles. The minimum absolute atomic E-state index is 0.633. The lowest BCUT2D eigenvalue weighted by atomic mass is 9.90. The van der Waals surface area contributed by atoms with Crippen molar-refractivity contribution in [1.82, 2.24) is 0 Å². The van der Waals surface area contributed by atoms with E-state index >= 15 is 0 Å². The highest BCUT2D eigenvalue weighted by molar-refractivity contribution is 5.80. The van der Waals surface area contributed by atoms with Crippen LogP contribution in [0.1, 0.15) is 17.0 Å². The second-order valence-electron chi connectivity index (χ2n) is 5.17. The number of carboxylic acids is 1. The molecule has 3 rings (SSSR count). The maximum Gasteiger partial charge on any atom is 0.315 e. The highest BCUT2D eigenvalue weighted by Crippen LogP contribution is 2.27. The molecule has 2 nitrogen and oxygen atoms in total. The predicted octanol–water partition coefficient (Wildman–Crippen LogP) is 4.57. The molecule has 3 aromatic rings. The van der Waals surface area contributed by atoms with Crippen molar-refractivity contribution in [3.63, 3.8) is 0 Å². The largest absolute Gasteiger partial charge is 0.481 e. The molecule has 0 bridgehead atoms. The number of rotatable bonds is 4. The van der Waals surface area contributed by atoms with E-state index in [2.05, 4.69) is 0 Å². The van der Waals surface area contributed by atoms with Crippen LogP contribution in [0.25, 0.3) is 11.1 Å². The zero-order valence-electron chi connectivity index (χ0n) is 12.0. The van der Waals surface area contributed by atoms with Gasteiger partial charge in [-0.05, 0) is 22.3 Å². The molecule has 0 fully saturated rings. The van der Waals surface area contributed by atoms with Gasteiger partial charge >= 0.3 is 5.97 Å². The fourth-order valence-corrected chi connectivity index (χ4v) is 2.62. The van der Waals surface area contributed by atoms with Crippen LogP contribution in [0.15, 0.2) is 84.9 Å². The van der Waals surface area contributed by atoms with Crippen molar-refractivity contribution >= 4 is 5.97 Å². The molecule has 2 heteroatoms. The third-order valence-corrected chi connectivity index (χ3v) is 3.73. The zero-order valence-corrected chi connectivity index (χ0v) is 12.0. The van der Waals surface area contributed by atoms with Crippen LogP contribution < -0.4 is 0 Å². The van der Waals surface area contributed by atoms with Crippen LogP contribution in [-0.4, -0.2) is 11.1 Å². The Kier molecular flexibility index (Phi) is 4.01. The molecule has 0 heterocycles. The van der Waals surface area contributed by atoms with Crippen LogP contribution in [-0.2, 0) is 4.79 Å². The molecule has 108 valence electrons. The maximum absolute atomic E-state index is 11.7. The number of hydrogen-bond acceptors (Lipinski definition) is 1. The van der Waals surface area contributed by atoms with Gasteiger partial charge in [0, 0.05) is 0 Å². The lowest BCUT2D eigenvalue weighted by molar-refractivity contribution is -0.137. The molecular weight excluding hydrogens is 272 g/mol. The van der Waals surface area contributed by atoms with E-state index in [1.165, 1.54) is 0 Å². The van der Waals surface area contributed by atoms with Crippen molar-refractivity contribution < 1.29 is 9.90 Å². The van der Waals surface area contributed by atoms with Crippen molar-refractivity contribution in [2.45, 2.75) is 5.92 Å². The Balaban J connectivity index is 1.95. The first-order chi connectivity index (χ1) is 10.8. The van der Waals surface area contributed by atoms with Crippen LogP contribution in [0.5, 0.6) is 0 Å². The fourth-order valence-electron chi connectivity index (χ4n) is 2.62. The topological polar surface area (TPSA) is 37.3 Å². The van der Waals surface area contributed by atoms with Crippen molar-refractivity contribution in [3.8, 4) is 11.1 Å². The molecule has 0 radical (unpaired) electrons. The van der Waals surface area contributed by atoms with E-state index in [-0.39, 0.29) is 0 Å². The van der Waals surface area contributed by atoms with E-state index in [0.29, 0.717) is 0 Å². The Morgan fingerprint density at radius 1 is 0.636 bits per heavy atom. The van der Waals surface area contributed by atoms with Gasteiger partial charge < -0.3 is 5.11 Å². The van der Waals surface area contributed by atoms with Crippen molar-refractivity contribution in [2.75, 3.05) is 0 Å². The van der Waals surface area contributed by atoms with Crippen LogP contribution >= 0.6 is 0 Å². The van der Waals surface area contributed by atoms with Gasteiger partial charge in [0.2, 0.25) is 0 Å². The molecule has 0 aliphatic rings. The highest BCUT2D eigenvalue weighted by atomic mass is 16.4. The van der Waals surface area contributed by atoms with Crippen LogP contribution in [0.4, 0.5) is 0 Å². The van der Waals surface area contributed by atoms with Gasteiger partial charge in [-0.3, -0.25) is 4.79 Å². The average molecular weight is 288 g/mol. The van der Waals surface area contributed by atoms with Gasteiger partial charge in [0.05, 0.1) is 0 Å². The third kappa shape index (κ3) is 2.91. The maximum atomic E-state index is 11.7. The summed E-state index contributed by atoms with van der Waals surface area (Å²) in [4.78, 5) is 11.7. The number of benzene rings is 3. The Morgan fingerprint density at radius 3 is 1.64 bits per heavy atom. The zero-order chi connectivity index (χ0) is 15.4. The van der Waals surface area contributed by atoms with Crippen molar-refractivity contribution in [2.24, 2.45) is 0 Å². The predicted molar refractivity (Wildman–Crippen MR) is 87.8 cm³/mol. The lowest BCUT2D eigenvalue weighted by Crippen LogP contribution is -2.12. The molecular formula is C20H16O2. The molecule has 1 atom stereocenters. The second kappa shape index (κ2) is 6.27. The van der Waals surface area contributed by atoms with Gasteiger partial charge in [-0.1, -0.05) is 84.9 Å². The number of carbonyl (C=O) groups is 1. The summed E-state index contributed by atoms with van der Waals surface area (Å²) in [5.41, 5.74) is 3.79. The van der Waals surface area contributed by atoms with Crippen molar-refractivity contribution in [1.29, 1.82) is 0 Å². The lowest BCUT2D eigenvalue weighted by Gasteiger charge is -2.14. The monoisotopic (exact) mass is 288 g/mol. The number of carboxylic acid groups (broad SMARTS) is 1. The SMILES string of the molecule is O=C(O)[C@@H](c1ccccc1)c1ccc(-c2ccccc2)cc1. The van der Waals surface area contributed by atoms with E-state index in [1.807, 2.05) is 84.9 Å². The quantitative estimate of drug-likeness (QED) is 0.763. The molecule has 1 N–H and O–H groups in total. The minimum atomic E-state index is -0.835. The van der Waals surface area contributed by atoms with Crippen LogP contribution in [0, 0.1) is 0 Å². The first-order valence-corrected chi connectivity index (χ1v) is 7.19. The standard InChI is InChI=1S/C20H16O2/c21-20(22)19(17-9-5-2-6-10-17)18-13-11-16(12-14-18)15-7-3-1-4-8-15/h1-14,19H,(H,21,22)/t19-/m0/s1. The van der Waals surface area contributed by atoms with Gasteiger partial charge in [-0.2, -0.15) is 0 Å². The van der Waals surface area contributed by atoms with E-state index < -0.39 is 11.9 Å². The second-order valence-corrected chi connectivity index (χ2v) is 5.17.